The molecule has 0 atom stereocenters. The summed E-state index contributed by atoms with van der Waals surface area (Å²) in [5.41, 5.74) is 0.465. The van der Waals surface area contributed by atoms with E-state index < -0.39 is 5.69 Å². The molecule has 2 heterocycles. The van der Waals surface area contributed by atoms with E-state index in [4.69, 9.17) is 9.47 Å². The number of ether oxygens (including phenoxy) is 2. The van der Waals surface area contributed by atoms with Crippen LogP contribution in [-0.4, -0.2) is 45.7 Å². The Balaban J connectivity index is 1.39. The molecule has 0 saturated heterocycles. The van der Waals surface area contributed by atoms with Gasteiger partial charge in [0.15, 0.2) is 11.5 Å². The van der Waals surface area contributed by atoms with Gasteiger partial charge in [-0.1, -0.05) is 32.0 Å². The molecule has 2 amide bonds. The maximum atomic E-state index is 13.4. The normalized spacial score (nSPS) is 12.1. The molecule has 0 spiro atoms. The maximum Gasteiger partial charge on any atom is 0.331 e. The van der Waals surface area contributed by atoms with Gasteiger partial charge in [-0.05, 0) is 55.5 Å². The number of carbonyl (C=O) groups is 2. The first-order valence-corrected chi connectivity index (χ1v) is 13.6. The summed E-state index contributed by atoms with van der Waals surface area (Å²) in [4.78, 5) is 53.7. The van der Waals surface area contributed by atoms with Crippen LogP contribution in [0.3, 0.4) is 0 Å². The average molecular weight is 537 g/mol. The SMILES string of the molecule is CCCN(CCC)C(=O)Cn1c(=O)n(CCCCC(=O)NCc2ccc3c(c2)OCO3)c(=O)c2ccccc21. The zero-order valence-electron chi connectivity index (χ0n) is 22.6. The Bertz CT molecular complexity index is 1440. The highest BCUT2D eigenvalue weighted by atomic mass is 16.7. The summed E-state index contributed by atoms with van der Waals surface area (Å²) in [7, 11) is 0. The largest absolute Gasteiger partial charge is 0.454 e. The predicted octanol–water partition coefficient (Wildman–Crippen LogP) is 3.03. The second-order valence-electron chi connectivity index (χ2n) is 9.64. The van der Waals surface area contributed by atoms with Gasteiger partial charge in [0.1, 0.15) is 6.54 Å². The highest BCUT2D eigenvalue weighted by Crippen LogP contribution is 2.32. The van der Waals surface area contributed by atoms with Crippen molar-refractivity contribution in [2.75, 3.05) is 19.9 Å². The van der Waals surface area contributed by atoms with Crippen molar-refractivity contribution in [2.24, 2.45) is 0 Å². The smallest absolute Gasteiger partial charge is 0.331 e. The molecule has 1 aliphatic rings. The van der Waals surface area contributed by atoms with Crippen molar-refractivity contribution in [1.29, 1.82) is 0 Å². The molecule has 0 radical (unpaired) electrons. The lowest BCUT2D eigenvalue weighted by Crippen LogP contribution is -2.44. The third kappa shape index (κ3) is 6.68. The molecular weight excluding hydrogens is 500 g/mol. The Kier molecular flexibility index (Phi) is 9.40. The minimum atomic E-state index is -0.507. The number of nitrogens with zero attached hydrogens (tertiary/aromatic N) is 3. The van der Waals surface area contributed by atoms with E-state index in [0.29, 0.717) is 54.9 Å². The van der Waals surface area contributed by atoms with Gasteiger partial charge in [-0.2, -0.15) is 0 Å². The van der Waals surface area contributed by atoms with E-state index in [1.807, 2.05) is 32.0 Å². The van der Waals surface area contributed by atoms with E-state index in [9.17, 15) is 19.2 Å². The Morgan fingerprint density at radius 2 is 1.69 bits per heavy atom. The van der Waals surface area contributed by atoms with Crippen molar-refractivity contribution in [3.63, 3.8) is 0 Å². The summed E-state index contributed by atoms with van der Waals surface area (Å²) >= 11 is 0. The Morgan fingerprint density at radius 1 is 0.949 bits per heavy atom. The highest BCUT2D eigenvalue weighted by Gasteiger charge is 2.18. The van der Waals surface area contributed by atoms with E-state index in [1.54, 1.807) is 29.2 Å². The molecule has 10 nitrogen and oxygen atoms in total. The van der Waals surface area contributed by atoms with Gasteiger partial charge in [-0.25, -0.2) is 4.79 Å². The van der Waals surface area contributed by atoms with Crippen LogP contribution in [0.15, 0.2) is 52.1 Å². The first kappa shape index (κ1) is 27.9. The van der Waals surface area contributed by atoms with Gasteiger partial charge in [-0.15, -0.1) is 0 Å². The second-order valence-corrected chi connectivity index (χ2v) is 9.64. The number of benzene rings is 2. The van der Waals surface area contributed by atoms with E-state index in [-0.39, 0.29) is 43.7 Å². The van der Waals surface area contributed by atoms with Crippen molar-refractivity contribution in [3.8, 4) is 11.5 Å². The number of hydrogen-bond donors (Lipinski definition) is 1. The third-order valence-corrected chi connectivity index (χ3v) is 6.73. The van der Waals surface area contributed by atoms with Crippen LogP contribution in [-0.2, 0) is 29.2 Å². The van der Waals surface area contributed by atoms with Crippen LogP contribution >= 0.6 is 0 Å². The number of aromatic nitrogens is 2. The number of unbranched alkanes of at least 4 members (excludes halogenated alkanes) is 1. The zero-order chi connectivity index (χ0) is 27.8. The average Bonchev–Trinajstić information content (AvgIpc) is 3.41. The molecule has 10 heteroatoms. The molecule has 3 aromatic rings. The fraction of sp³-hybridized carbons (Fsp3) is 0.448. The number of rotatable bonds is 13. The van der Waals surface area contributed by atoms with Gasteiger partial charge in [0, 0.05) is 32.6 Å². The monoisotopic (exact) mass is 536 g/mol. The molecule has 208 valence electrons. The van der Waals surface area contributed by atoms with E-state index in [2.05, 4.69) is 5.32 Å². The Hall–Kier alpha value is -4.08. The molecule has 1 N–H and O–H groups in total. The molecular formula is C29H36N4O6. The maximum absolute atomic E-state index is 13.4. The lowest BCUT2D eigenvalue weighted by Gasteiger charge is -2.22. The van der Waals surface area contributed by atoms with Gasteiger partial charge in [0.05, 0.1) is 10.9 Å². The van der Waals surface area contributed by atoms with Gasteiger partial charge in [0.2, 0.25) is 18.6 Å². The van der Waals surface area contributed by atoms with Crippen molar-refractivity contribution < 1.29 is 19.1 Å². The highest BCUT2D eigenvalue weighted by molar-refractivity contribution is 5.81. The van der Waals surface area contributed by atoms with Crippen molar-refractivity contribution in [1.82, 2.24) is 19.4 Å². The van der Waals surface area contributed by atoms with Gasteiger partial charge in [0.25, 0.3) is 5.56 Å². The Labute approximate surface area is 227 Å². The number of amides is 2. The fourth-order valence-corrected chi connectivity index (χ4v) is 4.75. The Morgan fingerprint density at radius 3 is 2.46 bits per heavy atom. The van der Waals surface area contributed by atoms with Crippen LogP contribution in [0.5, 0.6) is 11.5 Å². The third-order valence-electron chi connectivity index (χ3n) is 6.73. The number of fused-ring (bicyclic) bond motifs is 2. The molecule has 1 aromatic heterocycles. The van der Waals surface area contributed by atoms with Crippen molar-refractivity contribution >= 4 is 22.7 Å². The van der Waals surface area contributed by atoms with Crippen LogP contribution in [0.25, 0.3) is 10.9 Å². The fourth-order valence-electron chi connectivity index (χ4n) is 4.75. The molecule has 0 saturated carbocycles. The topological polar surface area (TPSA) is 112 Å². The minimum absolute atomic E-state index is 0.117. The van der Waals surface area contributed by atoms with Crippen LogP contribution in [0.4, 0.5) is 0 Å². The van der Waals surface area contributed by atoms with Crippen molar-refractivity contribution in [3.05, 3.63) is 68.9 Å². The first-order valence-electron chi connectivity index (χ1n) is 13.6. The second kappa shape index (κ2) is 13.1. The lowest BCUT2D eigenvalue weighted by molar-refractivity contribution is -0.132. The van der Waals surface area contributed by atoms with Crippen LogP contribution in [0, 0.1) is 0 Å². The summed E-state index contributed by atoms with van der Waals surface area (Å²) in [5.74, 6) is 1.10. The van der Waals surface area contributed by atoms with Gasteiger partial charge >= 0.3 is 5.69 Å². The molecule has 0 bridgehead atoms. The standard InChI is InChI=1S/C29H36N4O6/c1-3-14-31(15-4-2)27(35)19-33-23-10-6-5-9-22(23)28(36)32(29(33)37)16-8-7-11-26(34)30-18-21-12-13-24-25(17-21)39-20-38-24/h5-6,9-10,12-13,17H,3-4,7-8,11,14-16,18-20H2,1-2H3,(H,30,34). The summed E-state index contributed by atoms with van der Waals surface area (Å²) in [6, 6.07) is 12.4. The summed E-state index contributed by atoms with van der Waals surface area (Å²) in [5, 5.41) is 3.28. The number of carbonyl (C=O) groups excluding carboxylic acids is 2. The van der Waals surface area contributed by atoms with E-state index in [0.717, 1.165) is 18.4 Å². The van der Waals surface area contributed by atoms with Crippen molar-refractivity contribution in [2.45, 2.75) is 65.6 Å². The van der Waals surface area contributed by atoms with E-state index >= 15 is 0 Å². The molecule has 39 heavy (non-hydrogen) atoms. The molecule has 0 unspecified atom stereocenters. The van der Waals surface area contributed by atoms with Gasteiger partial charge in [-0.3, -0.25) is 23.5 Å². The molecule has 0 fully saturated rings. The molecule has 4 rings (SSSR count). The summed E-state index contributed by atoms with van der Waals surface area (Å²) < 4.78 is 13.2. The quantitative estimate of drug-likeness (QED) is 0.336. The number of para-hydroxylation sites is 1. The molecule has 0 aliphatic carbocycles. The number of nitrogens with one attached hydrogen (secondary N) is 1. The van der Waals surface area contributed by atoms with E-state index in [1.165, 1.54) is 9.13 Å². The summed E-state index contributed by atoms with van der Waals surface area (Å²) in [6.45, 7) is 5.87. The molecule has 1 aliphatic heterocycles. The summed E-state index contributed by atoms with van der Waals surface area (Å²) in [6.07, 6.45) is 2.89. The minimum Gasteiger partial charge on any atom is -0.454 e. The first-order chi connectivity index (χ1) is 18.9. The van der Waals surface area contributed by atoms with Crippen LogP contribution in [0.2, 0.25) is 0 Å². The van der Waals surface area contributed by atoms with Crippen LogP contribution in [0.1, 0.15) is 51.5 Å². The predicted molar refractivity (Wildman–Crippen MR) is 148 cm³/mol. The lowest BCUT2D eigenvalue weighted by atomic mass is 10.2. The van der Waals surface area contributed by atoms with Gasteiger partial charge < -0.3 is 19.7 Å². The van der Waals surface area contributed by atoms with Crippen LogP contribution < -0.4 is 26.0 Å². The zero-order valence-corrected chi connectivity index (χ0v) is 22.6. The number of hydrogen-bond acceptors (Lipinski definition) is 6. The molecule has 2 aromatic carbocycles.